The number of rotatable bonds is 2. The zero-order valence-electron chi connectivity index (χ0n) is 11.0. The van der Waals surface area contributed by atoms with Gasteiger partial charge >= 0.3 is 0 Å². The highest BCUT2D eigenvalue weighted by Crippen LogP contribution is 2.30. The van der Waals surface area contributed by atoms with Crippen molar-refractivity contribution in [1.82, 2.24) is 19.5 Å². The molecule has 0 amide bonds. The Labute approximate surface area is 123 Å². The van der Waals surface area contributed by atoms with Crippen molar-refractivity contribution >= 4 is 33.0 Å². The molecular weight excluding hydrogens is 322 g/mol. The van der Waals surface area contributed by atoms with Gasteiger partial charge in [-0.2, -0.15) is 4.98 Å². The van der Waals surface area contributed by atoms with Crippen LogP contribution in [-0.2, 0) is 0 Å². The van der Waals surface area contributed by atoms with Gasteiger partial charge in [-0.3, -0.25) is 4.57 Å². The number of halogens is 1. The number of aromatic nitrogens is 4. The minimum atomic E-state index is 0.338. The van der Waals surface area contributed by atoms with E-state index in [0.717, 1.165) is 15.7 Å². The van der Waals surface area contributed by atoms with Gasteiger partial charge in [0.05, 0.1) is 12.8 Å². The molecule has 7 heteroatoms. The van der Waals surface area contributed by atoms with E-state index >= 15 is 0 Å². The lowest BCUT2D eigenvalue weighted by molar-refractivity contribution is 0.401. The van der Waals surface area contributed by atoms with Crippen LogP contribution in [0.1, 0.15) is 5.56 Å². The molecule has 0 atom stereocenters. The van der Waals surface area contributed by atoms with E-state index in [1.165, 1.54) is 6.33 Å². The molecule has 0 radical (unpaired) electrons. The molecule has 6 nitrogen and oxygen atoms in total. The summed E-state index contributed by atoms with van der Waals surface area (Å²) < 4.78 is 7.87. The van der Waals surface area contributed by atoms with Gasteiger partial charge < -0.3 is 10.5 Å². The first-order chi connectivity index (χ1) is 9.61. The average Bonchev–Trinajstić information content (AvgIpc) is 2.77. The number of nitrogen functional groups attached to an aromatic ring is 1. The maximum absolute atomic E-state index is 6.04. The van der Waals surface area contributed by atoms with Crippen molar-refractivity contribution in [2.45, 2.75) is 6.92 Å². The molecule has 0 bridgehead atoms. The normalized spacial score (nSPS) is 10.9. The van der Waals surface area contributed by atoms with E-state index in [0.29, 0.717) is 23.0 Å². The average molecular weight is 334 g/mol. The molecule has 0 aliphatic carbocycles. The molecule has 0 spiro atoms. The van der Waals surface area contributed by atoms with Gasteiger partial charge in [0.1, 0.15) is 6.33 Å². The van der Waals surface area contributed by atoms with Crippen LogP contribution in [0.2, 0.25) is 0 Å². The SMILES string of the molecule is COc1ncnc2c1nc(N)n2-c1cc(C)ccc1Br. The van der Waals surface area contributed by atoms with E-state index in [4.69, 9.17) is 10.5 Å². The number of imidazole rings is 1. The number of ether oxygens (including phenoxy) is 1. The Morgan fingerprint density at radius 2 is 2.10 bits per heavy atom. The first-order valence-corrected chi connectivity index (χ1v) is 6.70. The molecule has 20 heavy (non-hydrogen) atoms. The van der Waals surface area contributed by atoms with Gasteiger partial charge in [0.15, 0.2) is 11.2 Å². The van der Waals surface area contributed by atoms with E-state index < -0.39 is 0 Å². The van der Waals surface area contributed by atoms with Crippen molar-refractivity contribution in [1.29, 1.82) is 0 Å². The Balaban J connectivity index is 2.37. The largest absolute Gasteiger partial charge is 0.479 e. The quantitative estimate of drug-likeness (QED) is 0.779. The maximum Gasteiger partial charge on any atom is 0.245 e. The van der Waals surface area contributed by atoms with Crippen LogP contribution in [-0.4, -0.2) is 26.6 Å². The summed E-state index contributed by atoms with van der Waals surface area (Å²) >= 11 is 3.53. The molecule has 3 rings (SSSR count). The van der Waals surface area contributed by atoms with Gasteiger partial charge in [-0.25, -0.2) is 9.97 Å². The summed E-state index contributed by atoms with van der Waals surface area (Å²) in [4.78, 5) is 12.6. The van der Waals surface area contributed by atoms with Crippen LogP contribution in [0, 0.1) is 6.92 Å². The lowest BCUT2D eigenvalue weighted by atomic mass is 10.2. The number of hydrogen-bond acceptors (Lipinski definition) is 5. The lowest BCUT2D eigenvalue weighted by Gasteiger charge is -2.09. The topological polar surface area (TPSA) is 78.8 Å². The maximum atomic E-state index is 6.04. The smallest absolute Gasteiger partial charge is 0.245 e. The zero-order valence-corrected chi connectivity index (χ0v) is 12.5. The minimum Gasteiger partial charge on any atom is -0.479 e. The third-order valence-electron chi connectivity index (χ3n) is 2.97. The Kier molecular flexibility index (Phi) is 3.06. The van der Waals surface area contributed by atoms with Crippen molar-refractivity contribution in [3.63, 3.8) is 0 Å². The summed E-state index contributed by atoms with van der Waals surface area (Å²) in [5, 5.41) is 0. The number of nitrogens with zero attached hydrogens (tertiary/aromatic N) is 4. The van der Waals surface area contributed by atoms with Crippen molar-refractivity contribution in [3.8, 4) is 11.6 Å². The third kappa shape index (κ3) is 1.90. The van der Waals surface area contributed by atoms with Crippen LogP contribution in [0.5, 0.6) is 5.88 Å². The number of methoxy groups -OCH3 is 1. The van der Waals surface area contributed by atoms with E-state index in [2.05, 4.69) is 30.9 Å². The van der Waals surface area contributed by atoms with Crippen molar-refractivity contribution in [2.24, 2.45) is 0 Å². The molecule has 102 valence electrons. The second kappa shape index (κ2) is 4.75. The Hall–Kier alpha value is -2.15. The molecule has 0 saturated carbocycles. The fraction of sp³-hybridized carbons (Fsp3) is 0.154. The Morgan fingerprint density at radius 3 is 2.85 bits per heavy atom. The van der Waals surface area contributed by atoms with Crippen LogP contribution < -0.4 is 10.5 Å². The number of aryl methyl sites for hydroxylation is 1. The van der Waals surface area contributed by atoms with E-state index in [1.54, 1.807) is 11.7 Å². The predicted molar refractivity (Wildman–Crippen MR) is 80.1 cm³/mol. The van der Waals surface area contributed by atoms with Crippen LogP contribution in [0.4, 0.5) is 5.95 Å². The fourth-order valence-corrected chi connectivity index (χ4v) is 2.49. The molecule has 0 fully saturated rings. The Morgan fingerprint density at radius 1 is 1.30 bits per heavy atom. The van der Waals surface area contributed by atoms with Gasteiger partial charge in [-0.05, 0) is 40.5 Å². The molecule has 2 N–H and O–H groups in total. The number of anilines is 1. The summed E-state index contributed by atoms with van der Waals surface area (Å²) in [7, 11) is 1.54. The molecule has 0 aliphatic rings. The van der Waals surface area contributed by atoms with Gasteiger partial charge in [-0.15, -0.1) is 0 Å². The highest BCUT2D eigenvalue weighted by atomic mass is 79.9. The third-order valence-corrected chi connectivity index (χ3v) is 3.64. The van der Waals surface area contributed by atoms with Crippen LogP contribution in [0.15, 0.2) is 29.0 Å². The van der Waals surface area contributed by atoms with E-state index in [1.807, 2.05) is 25.1 Å². The first kappa shape index (κ1) is 12.9. The first-order valence-electron chi connectivity index (χ1n) is 5.91. The molecule has 0 aliphatic heterocycles. The van der Waals surface area contributed by atoms with Gasteiger partial charge in [-0.1, -0.05) is 6.07 Å². The summed E-state index contributed by atoms with van der Waals surface area (Å²) in [5.41, 5.74) is 9.19. The van der Waals surface area contributed by atoms with Gasteiger partial charge in [0.2, 0.25) is 11.8 Å². The Bertz CT molecular complexity index is 799. The molecule has 2 heterocycles. The van der Waals surface area contributed by atoms with E-state index in [-0.39, 0.29) is 0 Å². The molecule has 1 aromatic carbocycles. The highest BCUT2D eigenvalue weighted by Gasteiger charge is 2.17. The number of hydrogen-bond donors (Lipinski definition) is 1. The minimum absolute atomic E-state index is 0.338. The highest BCUT2D eigenvalue weighted by molar-refractivity contribution is 9.10. The van der Waals surface area contributed by atoms with Gasteiger partial charge in [0, 0.05) is 4.47 Å². The monoisotopic (exact) mass is 333 g/mol. The zero-order chi connectivity index (χ0) is 14.3. The van der Waals surface area contributed by atoms with Crippen LogP contribution in [0.25, 0.3) is 16.9 Å². The van der Waals surface area contributed by atoms with Crippen molar-refractivity contribution in [3.05, 3.63) is 34.6 Å². The number of nitrogens with two attached hydrogens (primary N) is 1. The number of fused-ring (bicyclic) bond motifs is 1. The number of benzene rings is 1. The second-order valence-corrected chi connectivity index (χ2v) is 5.17. The molecule has 0 saturated heterocycles. The summed E-state index contributed by atoms with van der Waals surface area (Å²) in [5.74, 6) is 0.745. The van der Waals surface area contributed by atoms with E-state index in [9.17, 15) is 0 Å². The summed E-state index contributed by atoms with van der Waals surface area (Å²) in [6, 6.07) is 5.99. The van der Waals surface area contributed by atoms with Crippen LogP contribution in [0.3, 0.4) is 0 Å². The van der Waals surface area contributed by atoms with Crippen LogP contribution >= 0.6 is 15.9 Å². The van der Waals surface area contributed by atoms with Crippen molar-refractivity contribution < 1.29 is 4.74 Å². The molecular formula is C13H12BrN5O. The summed E-state index contributed by atoms with van der Waals surface area (Å²) in [6.45, 7) is 2.01. The lowest BCUT2D eigenvalue weighted by Crippen LogP contribution is -2.02. The molecule has 2 aromatic heterocycles. The predicted octanol–water partition coefficient (Wildman–Crippen LogP) is 2.48. The standard InChI is InChI=1S/C13H12BrN5O/c1-7-3-4-8(14)9(5-7)19-11-10(18-13(19)15)12(20-2)17-6-16-11/h3-6H,1-2H3,(H2,15,18). The molecule has 0 unspecified atom stereocenters. The van der Waals surface area contributed by atoms with Gasteiger partial charge in [0.25, 0.3) is 0 Å². The van der Waals surface area contributed by atoms with Crippen molar-refractivity contribution in [2.75, 3.05) is 12.8 Å². The second-order valence-electron chi connectivity index (χ2n) is 4.32. The summed E-state index contributed by atoms with van der Waals surface area (Å²) in [6.07, 6.45) is 1.43. The molecule has 3 aromatic rings. The fourth-order valence-electron chi connectivity index (χ4n) is 2.07.